The molecule has 1 aromatic heterocycles. The number of carbonyl (C=O) groups is 1. The zero-order valence-electron chi connectivity index (χ0n) is 18.5. The third kappa shape index (κ3) is 4.07. The number of carbonyl (C=O) groups excluding carboxylic acids is 1. The van der Waals surface area contributed by atoms with Crippen LogP contribution < -0.4 is 0 Å². The van der Waals surface area contributed by atoms with E-state index in [0.717, 1.165) is 28.3 Å². The fraction of sp³-hybridized carbons (Fsp3) is 0.320. The fourth-order valence-electron chi connectivity index (χ4n) is 4.65. The summed E-state index contributed by atoms with van der Waals surface area (Å²) in [5, 5.41) is 19.0. The van der Waals surface area contributed by atoms with Gasteiger partial charge < -0.3 is 5.11 Å². The summed E-state index contributed by atoms with van der Waals surface area (Å²) in [7, 11) is 0. The SMILES string of the molecule is Cc1cc(C)c(C2=C(O)CC(C(C)n3cc(-c4cc(F)cc(F)c4)nn3)CC2=O)c(C)c1. The van der Waals surface area contributed by atoms with Gasteiger partial charge in [-0.05, 0) is 62.4 Å². The number of Topliss-reactive ketones (excluding diaryl/α,β-unsaturated/α-hetero) is 1. The zero-order valence-corrected chi connectivity index (χ0v) is 18.5. The van der Waals surface area contributed by atoms with Crippen molar-refractivity contribution in [3.63, 3.8) is 0 Å². The average Bonchev–Trinajstić information content (AvgIpc) is 3.18. The van der Waals surface area contributed by atoms with Crippen LogP contribution >= 0.6 is 0 Å². The summed E-state index contributed by atoms with van der Waals surface area (Å²) in [5.74, 6) is -1.58. The zero-order chi connectivity index (χ0) is 23.2. The molecule has 3 aromatic rings. The first-order valence-electron chi connectivity index (χ1n) is 10.6. The summed E-state index contributed by atoms with van der Waals surface area (Å²) in [4.78, 5) is 13.1. The van der Waals surface area contributed by atoms with Gasteiger partial charge in [-0.2, -0.15) is 0 Å². The van der Waals surface area contributed by atoms with E-state index in [9.17, 15) is 18.7 Å². The van der Waals surface area contributed by atoms with Gasteiger partial charge in [-0.25, -0.2) is 13.5 Å². The number of ketones is 1. The highest BCUT2D eigenvalue weighted by Gasteiger charge is 2.34. The molecule has 1 aliphatic carbocycles. The molecule has 5 nitrogen and oxygen atoms in total. The van der Waals surface area contributed by atoms with Crippen molar-refractivity contribution in [2.24, 2.45) is 5.92 Å². The maximum absolute atomic E-state index is 13.5. The first-order chi connectivity index (χ1) is 15.1. The van der Waals surface area contributed by atoms with Gasteiger partial charge in [0, 0.05) is 24.5 Å². The molecular weight excluding hydrogens is 412 g/mol. The van der Waals surface area contributed by atoms with Crippen molar-refractivity contribution in [3.05, 3.63) is 76.2 Å². The van der Waals surface area contributed by atoms with Gasteiger partial charge in [-0.15, -0.1) is 5.10 Å². The third-order valence-corrected chi connectivity index (χ3v) is 6.17. The van der Waals surface area contributed by atoms with E-state index in [1.165, 1.54) is 12.1 Å². The van der Waals surface area contributed by atoms with Crippen molar-refractivity contribution in [2.45, 2.75) is 46.6 Å². The molecule has 32 heavy (non-hydrogen) atoms. The Balaban J connectivity index is 1.61. The number of hydrogen-bond donors (Lipinski definition) is 1. The monoisotopic (exact) mass is 437 g/mol. The number of allylic oxidation sites excluding steroid dienone is 2. The molecule has 2 aromatic carbocycles. The Morgan fingerprint density at radius 2 is 1.66 bits per heavy atom. The number of aromatic nitrogens is 3. The van der Waals surface area contributed by atoms with Crippen LogP contribution in [0.25, 0.3) is 16.8 Å². The van der Waals surface area contributed by atoms with E-state index in [1.807, 2.05) is 39.8 Å². The van der Waals surface area contributed by atoms with Crippen LogP contribution in [0.15, 0.2) is 42.3 Å². The van der Waals surface area contributed by atoms with Gasteiger partial charge in [-0.1, -0.05) is 22.9 Å². The van der Waals surface area contributed by atoms with E-state index in [2.05, 4.69) is 10.3 Å². The lowest BCUT2D eigenvalue weighted by Crippen LogP contribution is -2.26. The van der Waals surface area contributed by atoms with Crippen molar-refractivity contribution in [1.82, 2.24) is 15.0 Å². The lowest BCUT2D eigenvalue weighted by Gasteiger charge is -2.29. The number of aliphatic hydroxyl groups excluding tert-OH is 1. The van der Waals surface area contributed by atoms with Crippen LogP contribution in [0, 0.1) is 38.3 Å². The molecule has 0 aliphatic heterocycles. The molecule has 0 saturated carbocycles. The molecule has 0 saturated heterocycles. The Bertz CT molecular complexity index is 1200. The molecule has 0 amide bonds. The number of benzene rings is 2. The van der Waals surface area contributed by atoms with Crippen molar-refractivity contribution in [1.29, 1.82) is 0 Å². The first kappa shape index (κ1) is 21.9. The molecule has 2 atom stereocenters. The van der Waals surface area contributed by atoms with Gasteiger partial charge in [0.2, 0.25) is 0 Å². The number of nitrogens with zero attached hydrogens (tertiary/aromatic N) is 3. The van der Waals surface area contributed by atoms with Crippen molar-refractivity contribution in [2.75, 3.05) is 0 Å². The molecule has 166 valence electrons. The standard InChI is InChI=1S/C25H25F2N3O2/c1-13-5-14(2)24(15(3)6-13)25-22(31)9-17(10-23(25)32)16(4)30-12-21(28-29-30)18-7-19(26)11-20(27)8-18/h5-8,11-12,16-17,31H,9-10H2,1-4H3. The Labute approximate surface area is 185 Å². The molecule has 7 heteroatoms. The topological polar surface area (TPSA) is 68.0 Å². The fourth-order valence-corrected chi connectivity index (χ4v) is 4.65. The Kier molecular flexibility index (Phi) is 5.67. The molecule has 0 fully saturated rings. The van der Waals surface area contributed by atoms with Crippen LogP contribution in [0.1, 0.15) is 48.1 Å². The van der Waals surface area contributed by atoms with Gasteiger partial charge >= 0.3 is 0 Å². The van der Waals surface area contributed by atoms with E-state index >= 15 is 0 Å². The second-order valence-corrected chi connectivity index (χ2v) is 8.67. The molecule has 0 radical (unpaired) electrons. The van der Waals surface area contributed by atoms with Crippen molar-refractivity contribution < 1.29 is 18.7 Å². The number of halogens is 2. The van der Waals surface area contributed by atoms with E-state index in [-0.39, 0.29) is 35.5 Å². The van der Waals surface area contributed by atoms with Crippen LogP contribution in [0.5, 0.6) is 0 Å². The van der Waals surface area contributed by atoms with Crippen LogP contribution in [-0.4, -0.2) is 25.9 Å². The number of hydrogen-bond acceptors (Lipinski definition) is 4. The first-order valence-corrected chi connectivity index (χ1v) is 10.6. The average molecular weight is 437 g/mol. The molecule has 1 N–H and O–H groups in total. The Morgan fingerprint density at radius 1 is 1.03 bits per heavy atom. The van der Waals surface area contributed by atoms with E-state index in [0.29, 0.717) is 17.7 Å². The molecule has 1 aliphatic rings. The predicted octanol–water partition coefficient (Wildman–Crippen LogP) is 5.66. The molecule has 4 rings (SSSR count). The highest BCUT2D eigenvalue weighted by Crippen LogP contribution is 2.39. The highest BCUT2D eigenvalue weighted by molar-refractivity contribution is 6.22. The lowest BCUT2D eigenvalue weighted by atomic mass is 9.79. The third-order valence-electron chi connectivity index (χ3n) is 6.17. The smallest absolute Gasteiger partial charge is 0.167 e. The number of rotatable bonds is 4. The van der Waals surface area contributed by atoms with Gasteiger partial charge in [0.1, 0.15) is 23.1 Å². The summed E-state index contributed by atoms with van der Waals surface area (Å²) >= 11 is 0. The maximum atomic E-state index is 13.5. The van der Waals surface area contributed by atoms with Gasteiger partial charge in [0.15, 0.2) is 5.78 Å². The second kappa shape index (κ2) is 8.30. The quantitative estimate of drug-likeness (QED) is 0.572. The van der Waals surface area contributed by atoms with E-state index in [1.54, 1.807) is 10.9 Å². The Morgan fingerprint density at radius 3 is 2.25 bits per heavy atom. The van der Waals surface area contributed by atoms with Crippen LogP contribution in [0.3, 0.4) is 0 Å². The van der Waals surface area contributed by atoms with Gasteiger partial charge in [-0.3, -0.25) is 4.79 Å². The van der Waals surface area contributed by atoms with Gasteiger partial charge in [0.25, 0.3) is 0 Å². The lowest BCUT2D eigenvalue weighted by molar-refractivity contribution is -0.115. The van der Waals surface area contributed by atoms with E-state index in [4.69, 9.17) is 0 Å². The molecule has 1 heterocycles. The number of aliphatic hydroxyl groups is 1. The molecule has 0 spiro atoms. The highest BCUT2D eigenvalue weighted by atomic mass is 19.1. The second-order valence-electron chi connectivity index (χ2n) is 8.67. The van der Waals surface area contributed by atoms with Crippen molar-refractivity contribution >= 4 is 11.4 Å². The molecule has 2 unspecified atom stereocenters. The van der Waals surface area contributed by atoms with E-state index < -0.39 is 11.6 Å². The largest absolute Gasteiger partial charge is 0.512 e. The minimum absolute atomic E-state index is 0.0840. The summed E-state index contributed by atoms with van der Waals surface area (Å²) in [6, 6.07) is 6.96. The Hall–Kier alpha value is -3.35. The summed E-state index contributed by atoms with van der Waals surface area (Å²) < 4.78 is 28.7. The normalized spacial score (nSPS) is 17.7. The molecular formula is C25H25F2N3O2. The van der Waals surface area contributed by atoms with Crippen LogP contribution in [0.2, 0.25) is 0 Å². The maximum Gasteiger partial charge on any atom is 0.167 e. The van der Waals surface area contributed by atoms with Crippen LogP contribution in [0.4, 0.5) is 8.78 Å². The minimum atomic E-state index is -0.690. The predicted molar refractivity (Wildman–Crippen MR) is 118 cm³/mol. The van der Waals surface area contributed by atoms with Gasteiger partial charge in [0.05, 0.1) is 17.8 Å². The minimum Gasteiger partial charge on any atom is -0.512 e. The summed E-state index contributed by atoms with van der Waals surface area (Å²) in [5.41, 5.74) is 4.87. The van der Waals surface area contributed by atoms with Crippen molar-refractivity contribution in [3.8, 4) is 11.3 Å². The summed E-state index contributed by atoms with van der Waals surface area (Å²) in [6.07, 6.45) is 2.20. The summed E-state index contributed by atoms with van der Waals surface area (Å²) in [6.45, 7) is 7.79. The molecule has 0 bridgehead atoms. The number of aryl methyl sites for hydroxylation is 3. The van der Waals surface area contributed by atoms with Crippen LogP contribution in [-0.2, 0) is 4.79 Å².